The van der Waals surface area contributed by atoms with Crippen molar-refractivity contribution < 1.29 is 9.13 Å². The van der Waals surface area contributed by atoms with Crippen molar-refractivity contribution in [2.75, 3.05) is 7.11 Å². The molecule has 0 aliphatic carbocycles. The average Bonchev–Trinajstić information content (AvgIpc) is 3.11. The average molecular weight is 304 g/mol. The number of halogens is 1. The highest BCUT2D eigenvalue weighted by Crippen LogP contribution is 2.24. The molecule has 3 rings (SSSR count). The minimum atomic E-state index is -0.246. The molecule has 0 amide bonds. The zero-order chi connectivity index (χ0) is 14.7. The normalized spacial score (nSPS) is 11.0. The largest absolute Gasteiger partial charge is 0.378 e. The molecule has 2 heterocycles. The molecule has 0 fully saturated rings. The lowest BCUT2D eigenvalue weighted by Crippen LogP contribution is -2.00. The minimum absolute atomic E-state index is 0.246. The van der Waals surface area contributed by atoms with Gasteiger partial charge in [-0.2, -0.15) is 0 Å². The van der Waals surface area contributed by atoms with E-state index in [9.17, 15) is 4.39 Å². The van der Waals surface area contributed by atoms with Gasteiger partial charge in [-0.25, -0.2) is 14.1 Å². The van der Waals surface area contributed by atoms with Crippen molar-refractivity contribution in [3.8, 4) is 10.6 Å². The summed E-state index contributed by atoms with van der Waals surface area (Å²) in [6.07, 6.45) is 1.83. The van der Waals surface area contributed by atoms with Crippen LogP contribution in [0.1, 0.15) is 11.4 Å². The van der Waals surface area contributed by atoms with Crippen LogP contribution in [0.15, 0.2) is 35.8 Å². The molecule has 0 bridgehead atoms. The lowest BCUT2D eigenvalue weighted by atomic mass is 10.2. The Labute approximate surface area is 125 Å². The molecule has 0 atom stereocenters. The van der Waals surface area contributed by atoms with Crippen molar-refractivity contribution in [2.24, 2.45) is 0 Å². The van der Waals surface area contributed by atoms with E-state index in [0.717, 1.165) is 22.0 Å². The molecule has 0 saturated carbocycles. The predicted octanol–water partition coefficient (Wildman–Crippen LogP) is 2.74. The number of hydrogen-bond acceptors (Lipinski definition) is 5. The molecule has 0 unspecified atom stereocenters. The van der Waals surface area contributed by atoms with E-state index in [4.69, 9.17) is 4.74 Å². The number of ether oxygens (including phenoxy) is 1. The maximum atomic E-state index is 12.9. The molecule has 0 radical (unpaired) electrons. The van der Waals surface area contributed by atoms with Crippen LogP contribution in [0.3, 0.4) is 0 Å². The Balaban J connectivity index is 1.73. The van der Waals surface area contributed by atoms with Crippen LogP contribution in [0.5, 0.6) is 0 Å². The van der Waals surface area contributed by atoms with E-state index in [1.165, 1.54) is 23.5 Å². The van der Waals surface area contributed by atoms with Gasteiger partial charge in [0, 0.05) is 18.1 Å². The second kappa shape index (κ2) is 6.11. The molecular formula is C14H13FN4OS. The highest BCUT2D eigenvalue weighted by Gasteiger charge is 2.07. The lowest BCUT2D eigenvalue weighted by Gasteiger charge is -1.97. The Morgan fingerprint density at radius 2 is 2.05 bits per heavy atom. The second-order valence-electron chi connectivity index (χ2n) is 4.49. The van der Waals surface area contributed by atoms with Crippen LogP contribution in [0, 0.1) is 5.82 Å². The summed E-state index contributed by atoms with van der Waals surface area (Å²) in [6, 6.07) is 6.32. The minimum Gasteiger partial charge on any atom is -0.378 e. The van der Waals surface area contributed by atoms with E-state index in [0.29, 0.717) is 13.2 Å². The van der Waals surface area contributed by atoms with Crippen LogP contribution in [-0.2, 0) is 17.9 Å². The van der Waals surface area contributed by atoms with Crippen molar-refractivity contribution in [1.82, 2.24) is 20.0 Å². The van der Waals surface area contributed by atoms with E-state index >= 15 is 0 Å². The van der Waals surface area contributed by atoms with Crippen molar-refractivity contribution >= 4 is 11.3 Å². The molecule has 5 nitrogen and oxygen atoms in total. The van der Waals surface area contributed by atoms with Gasteiger partial charge in [-0.1, -0.05) is 5.21 Å². The van der Waals surface area contributed by atoms with Crippen LogP contribution in [0.2, 0.25) is 0 Å². The molecular weight excluding hydrogens is 291 g/mol. The monoisotopic (exact) mass is 304 g/mol. The first-order valence-corrected chi connectivity index (χ1v) is 7.21. The predicted molar refractivity (Wildman–Crippen MR) is 77.3 cm³/mol. The summed E-state index contributed by atoms with van der Waals surface area (Å²) in [7, 11) is 1.62. The Hall–Kier alpha value is -2.12. The van der Waals surface area contributed by atoms with E-state index in [-0.39, 0.29) is 5.82 Å². The maximum Gasteiger partial charge on any atom is 0.123 e. The molecule has 0 aliphatic heterocycles. The number of rotatable bonds is 5. The Morgan fingerprint density at radius 3 is 2.81 bits per heavy atom. The third-order valence-corrected chi connectivity index (χ3v) is 3.79. The summed E-state index contributed by atoms with van der Waals surface area (Å²) in [5.41, 5.74) is 2.59. The summed E-state index contributed by atoms with van der Waals surface area (Å²) >= 11 is 1.53. The summed E-state index contributed by atoms with van der Waals surface area (Å²) < 4.78 is 19.6. The number of aromatic nitrogens is 4. The number of nitrogens with zero attached hydrogens (tertiary/aromatic N) is 4. The number of hydrogen-bond donors (Lipinski definition) is 0. The first-order valence-electron chi connectivity index (χ1n) is 6.33. The van der Waals surface area contributed by atoms with Gasteiger partial charge in [0.25, 0.3) is 0 Å². The van der Waals surface area contributed by atoms with Gasteiger partial charge in [0.2, 0.25) is 0 Å². The van der Waals surface area contributed by atoms with Crippen LogP contribution >= 0.6 is 11.3 Å². The molecule has 0 spiro atoms. The highest BCUT2D eigenvalue weighted by molar-refractivity contribution is 7.13. The second-order valence-corrected chi connectivity index (χ2v) is 5.35. The van der Waals surface area contributed by atoms with Gasteiger partial charge in [-0.05, 0) is 24.3 Å². The van der Waals surface area contributed by atoms with Crippen molar-refractivity contribution in [1.29, 1.82) is 0 Å². The van der Waals surface area contributed by atoms with E-state index in [2.05, 4.69) is 15.3 Å². The van der Waals surface area contributed by atoms with Crippen molar-refractivity contribution in [3.63, 3.8) is 0 Å². The van der Waals surface area contributed by atoms with Crippen LogP contribution < -0.4 is 0 Å². The van der Waals surface area contributed by atoms with Gasteiger partial charge in [-0.15, -0.1) is 16.4 Å². The zero-order valence-electron chi connectivity index (χ0n) is 11.4. The van der Waals surface area contributed by atoms with Crippen LogP contribution in [0.4, 0.5) is 4.39 Å². The number of thiazole rings is 1. The number of benzene rings is 1. The maximum absolute atomic E-state index is 12.9. The molecule has 3 aromatic rings. The summed E-state index contributed by atoms with van der Waals surface area (Å²) in [6.45, 7) is 0.992. The molecule has 2 aromatic heterocycles. The fourth-order valence-corrected chi connectivity index (χ4v) is 2.72. The van der Waals surface area contributed by atoms with Gasteiger partial charge in [0.05, 0.1) is 25.0 Å². The third kappa shape index (κ3) is 3.32. The van der Waals surface area contributed by atoms with Crippen molar-refractivity contribution in [2.45, 2.75) is 13.2 Å². The van der Waals surface area contributed by atoms with Gasteiger partial charge < -0.3 is 4.74 Å². The van der Waals surface area contributed by atoms with Gasteiger partial charge in [0.15, 0.2) is 0 Å². The van der Waals surface area contributed by atoms with Crippen LogP contribution in [0.25, 0.3) is 10.6 Å². The third-order valence-electron chi connectivity index (χ3n) is 2.85. The molecule has 0 saturated heterocycles. The number of methoxy groups -OCH3 is 1. The summed E-state index contributed by atoms with van der Waals surface area (Å²) in [5.74, 6) is -0.246. The topological polar surface area (TPSA) is 52.8 Å². The Bertz CT molecular complexity index is 723. The quantitative estimate of drug-likeness (QED) is 0.727. The van der Waals surface area contributed by atoms with E-state index in [1.807, 2.05) is 11.6 Å². The van der Waals surface area contributed by atoms with Gasteiger partial charge >= 0.3 is 0 Å². The standard InChI is InChI=1S/C14H13FN4OS/c1-20-8-12-6-19(18-17-12)7-13-9-21-14(16-13)10-2-4-11(15)5-3-10/h2-6,9H,7-8H2,1H3. The van der Waals surface area contributed by atoms with Gasteiger partial charge in [-0.3, -0.25) is 0 Å². The molecule has 0 aliphatic rings. The van der Waals surface area contributed by atoms with E-state index in [1.54, 1.807) is 23.9 Å². The smallest absolute Gasteiger partial charge is 0.123 e. The first-order chi connectivity index (χ1) is 10.2. The lowest BCUT2D eigenvalue weighted by molar-refractivity contribution is 0.181. The molecule has 21 heavy (non-hydrogen) atoms. The van der Waals surface area contributed by atoms with Crippen molar-refractivity contribution in [3.05, 3.63) is 53.0 Å². The zero-order valence-corrected chi connectivity index (χ0v) is 12.2. The molecule has 1 aromatic carbocycles. The Morgan fingerprint density at radius 1 is 1.24 bits per heavy atom. The van der Waals surface area contributed by atoms with Crippen LogP contribution in [-0.4, -0.2) is 27.1 Å². The molecule has 7 heteroatoms. The first kappa shape index (κ1) is 13.8. The molecule has 0 N–H and O–H groups in total. The van der Waals surface area contributed by atoms with Gasteiger partial charge in [0.1, 0.15) is 16.5 Å². The van der Waals surface area contributed by atoms with E-state index < -0.39 is 0 Å². The fourth-order valence-electron chi connectivity index (χ4n) is 1.90. The molecule has 108 valence electrons. The summed E-state index contributed by atoms with van der Waals surface area (Å²) in [5, 5.41) is 10.9. The summed E-state index contributed by atoms with van der Waals surface area (Å²) in [4.78, 5) is 4.54. The Kier molecular flexibility index (Phi) is 4.03. The fraction of sp³-hybridized carbons (Fsp3) is 0.214. The SMILES string of the molecule is COCc1cn(Cc2csc(-c3ccc(F)cc3)n2)nn1. The highest BCUT2D eigenvalue weighted by atomic mass is 32.1.